The van der Waals surface area contributed by atoms with Crippen molar-refractivity contribution < 1.29 is 4.79 Å². The fourth-order valence-electron chi connectivity index (χ4n) is 1.84. The van der Waals surface area contributed by atoms with Gasteiger partial charge in [-0.15, -0.1) is 0 Å². The molecule has 0 saturated carbocycles. The van der Waals surface area contributed by atoms with Crippen molar-refractivity contribution in [2.24, 2.45) is 0 Å². The largest absolute Gasteiger partial charge is 0.279 e. The average Bonchev–Trinajstić information content (AvgIpc) is 2.28. The van der Waals surface area contributed by atoms with Crippen LogP contribution in [0.5, 0.6) is 0 Å². The Balaban J connectivity index is 2.69. The number of hydrogen-bond acceptors (Lipinski definition) is 2. The molecule has 2 nitrogen and oxygen atoms in total. The maximum Gasteiger partial charge on any atom is 0.246 e. The van der Waals surface area contributed by atoms with E-state index in [0.29, 0.717) is 12.0 Å². The third-order valence-electron chi connectivity index (χ3n) is 2.67. The summed E-state index contributed by atoms with van der Waals surface area (Å²) in [5.74, 6) is 0. The molecule has 1 aromatic carbocycles. The summed E-state index contributed by atoms with van der Waals surface area (Å²) in [7, 11) is 0. The fourth-order valence-corrected chi connectivity index (χ4v) is 2.06. The minimum atomic E-state index is -1.20. The quantitative estimate of drug-likeness (QED) is 0.679. The van der Waals surface area contributed by atoms with Gasteiger partial charge < -0.3 is 0 Å². The first-order valence-electron chi connectivity index (χ1n) is 4.58. The van der Waals surface area contributed by atoms with Gasteiger partial charge >= 0.3 is 0 Å². The summed E-state index contributed by atoms with van der Waals surface area (Å²) >= 11 is 5.55. The molecule has 0 amide bonds. The number of nitriles is 1. The van der Waals surface area contributed by atoms with Gasteiger partial charge in [0.1, 0.15) is 0 Å². The topological polar surface area (TPSA) is 40.9 Å². The van der Waals surface area contributed by atoms with Gasteiger partial charge in [0.2, 0.25) is 5.24 Å². The first-order chi connectivity index (χ1) is 7.20. The van der Waals surface area contributed by atoms with E-state index in [-0.39, 0.29) is 0 Å². The van der Waals surface area contributed by atoms with Crippen molar-refractivity contribution in [1.82, 2.24) is 0 Å². The van der Waals surface area contributed by atoms with Crippen LogP contribution in [-0.4, -0.2) is 5.24 Å². The number of fused-ring (bicyclic) bond motifs is 1. The molecule has 1 aromatic rings. The van der Waals surface area contributed by atoms with Crippen LogP contribution in [0.25, 0.3) is 6.08 Å². The molecule has 1 aliphatic carbocycles. The van der Waals surface area contributed by atoms with Gasteiger partial charge in [-0.05, 0) is 29.1 Å². The van der Waals surface area contributed by atoms with Crippen molar-refractivity contribution in [3.63, 3.8) is 0 Å². The summed E-state index contributed by atoms with van der Waals surface area (Å²) in [5, 5.41) is 8.56. The van der Waals surface area contributed by atoms with Gasteiger partial charge in [0.15, 0.2) is 5.41 Å². The van der Waals surface area contributed by atoms with Crippen molar-refractivity contribution in [2.45, 2.75) is 11.8 Å². The highest BCUT2D eigenvalue weighted by molar-refractivity contribution is 6.66. The molecule has 0 aliphatic heterocycles. The number of rotatable bonds is 1. The van der Waals surface area contributed by atoms with Crippen molar-refractivity contribution in [2.75, 3.05) is 0 Å². The summed E-state index contributed by atoms with van der Waals surface area (Å²) < 4.78 is 0. The lowest BCUT2D eigenvalue weighted by atomic mass is 9.75. The van der Waals surface area contributed by atoms with E-state index in [1.807, 2.05) is 36.4 Å². The molecular weight excluding hydrogens is 210 g/mol. The van der Waals surface area contributed by atoms with Crippen LogP contribution in [0.3, 0.4) is 0 Å². The molecule has 1 aliphatic rings. The van der Waals surface area contributed by atoms with Gasteiger partial charge in [-0.3, -0.25) is 4.79 Å². The Morgan fingerprint density at radius 1 is 1.47 bits per heavy atom. The van der Waals surface area contributed by atoms with E-state index in [1.165, 1.54) is 0 Å². The number of nitrogens with zero attached hydrogens (tertiary/aromatic N) is 1. The smallest absolute Gasteiger partial charge is 0.246 e. The van der Waals surface area contributed by atoms with E-state index in [2.05, 4.69) is 0 Å². The van der Waals surface area contributed by atoms with Gasteiger partial charge in [-0.1, -0.05) is 36.4 Å². The van der Waals surface area contributed by atoms with Crippen molar-refractivity contribution in [3.05, 3.63) is 41.5 Å². The Kier molecular flexibility index (Phi) is 2.34. The van der Waals surface area contributed by atoms with E-state index < -0.39 is 10.7 Å². The molecule has 0 aromatic heterocycles. The lowest BCUT2D eigenvalue weighted by molar-refractivity contribution is -0.115. The summed E-state index contributed by atoms with van der Waals surface area (Å²) in [6, 6.07) is 9.37. The molecule has 0 heterocycles. The Hall–Kier alpha value is -1.59. The highest BCUT2D eigenvalue weighted by Gasteiger charge is 2.41. The van der Waals surface area contributed by atoms with Crippen molar-refractivity contribution in [3.8, 4) is 6.07 Å². The van der Waals surface area contributed by atoms with Crippen LogP contribution in [-0.2, 0) is 10.2 Å². The van der Waals surface area contributed by atoms with Crippen LogP contribution in [0.2, 0.25) is 0 Å². The third kappa shape index (κ3) is 1.36. The minimum Gasteiger partial charge on any atom is -0.279 e. The molecule has 3 heteroatoms. The average molecular weight is 218 g/mol. The Bertz CT molecular complexity index is 487. The first-order valence-corrected chi connectivity index (χ1v) is 4.96. The molecule has 0 fully saturated rings. The molecule has 0 saturated heterocycles. The Labute approximate surface area is 92.8 Å². The number of allylic oxidation sites excluding steroid dienone is 1. The Morgan fingerprint density at radius 3 is 2.87 bits per heavy atom. The SMILES string of the molecule is N#CC1(C(=O)Cl)CC=Cc2ccccc21. The lowest BCUT2D eigenvalue weighted by Crippen LogP contribution is -2.32. The first kappa shape index (κ1) is 9.95. The van der Waals surface area contributed by atoms with E-state index in [0.717, 1.165) is 5.56 Å². The maximum atomic E-state index is 11.4. The maximum absolute atomic E-state index is 11.4. The third-order valence-corrected chi connectivity index (χ3v) is 2.99. The molecular formula is C12H8ClNO. The zero-order chi connectivity index (χ0) is 10.9. The molecule has 2 rings (SSSR count). The molecule has 0 spiro atoms. The summed E-state index contributed by atoms with van der Waals surface area (Å²) in [6.45, 7) is 0. The van der Waals surface area contributed by atoms with Gasteiger partial charge in [-0.2, -0.15) is 5.26 Å². The summed E-state index contributed by atoms with van der Waals surface area (Å²) in [5.41, 5.74) is 0.390. The van der Waals surface area contributed by atoms with E-state index in [9.17, 15) is 4.79 Å². The number of carbonyl (C=O) groups is 1. The zero-order valence-corrected chi connectivity index (χ0v) is 8.66. The second-order valence-corrected chi connectivity index (χ2v) is 3.83. The Morgan fingerprint density at radius 2 is 2.20 bits per heavy atom. The molecule has 0 N–H and O–H groups in total. The molecule has 1 unspecified atom stereocenters. The van der Waals surface area contributed by atoms with Crippen LogP contribution in [0.4, 0.5) is 0 Å². The van der Waals surface area contributed by atoms with Gasteiger partial charge in [0.05, 0.1) is 6.07 Å². The zero-order valence-electron chi connectivity index (χ0n) is 7.90. The monoisotopic (exact) mass is 217 g/mol. The number of hydrogen-bond donors (Lipinski definition) is 0. The van der Waals surface area contributed by atoms with E-state index in [1.54, 1.807) is 6.07 Å². The van der Waals surface area contributed by atoms with Crippen molar-refractivity contribution >= 4 is 22.9 Å². The van der Waals surface area contributed by atoms with E-state index >= 15 is 0 Å². The minimum absolute atomic E-state index is 0.350. The van der Waals surface area contributed by atoms with E-state index in [4.69, 9.17) is 16.9 Å². The van der Waals surface area contributed by atoms with Crippen LogP contribution in [0, 0.1) is 11.3 Å². The predicted molar refractivity (Wildman–Crippen MR) is 58.2 cm³/mol. The van der Waals surface area contributed by atoms with Crippen LogP contribution >= 0.6 is 11.6 Å². The van der Waals surface area contributed by atoms with Gasteiger partial charge in [-0.25, -0.2) is 0 Å². The lowest BCUT2D eigenvalue weighted by Gasteiger charge is -2.26. The number of benzene rings is 1. The second-order valence-electron chi connectivity index (χ2n) is 3.48. The molecule has 15 heavy (non-hydrogen) atoms. The second kappa shape index (κ2) is 3.52. The standard InChI is InChI=1S/C12H8ClNO/c13-11(15)12(8-14)7-3-5-9-4-1-2-6-10(9)12/h1-6H,7H2. The number of carbonyl (C=O) groups excluding carboxylic acids is 1. The normalized spacial score (nSPS) is 22.9. The van der Waals surface area contributed by atoms with Crippen LogP contribution in [0.15, 0.2) is 30.3 Å². The molecule has 0 bridgehead atoms. The highest BCUT2D eigenvalue weighted by atomic mass is 35.5. The summed E-state index contributed by atoms with van der Waals surface area (Å²) in [4.78, 5) is 11.4. The predicted octanol–water partition coefficient (Wildman–Crippen LogP) is 2.63. The number of halogens is 1. The molecule has 1 atom stereocenters. The van der Waals surface area contributed by atoms with Gasteiger partial charge in [0, 0.05) is 0 Å². The summed E-state index contributed by atoms with van der Waals surface area (Å²) in [6.07, 6.45) is 4.07. The van der Waals surface area contributed by atoms with Crippen LogP contribution in [0.1, 0.15) is 17.5 Å². The fraction of sp³-hybridized carbons (Fsp3) is 0.167. The van der Waals surface area contributed by atoms with Crippen molar-refractivity contribution in [1.29, 1.82) is 5.26 Å². The molecule has 0 radical (unpaired) electrons. The van der Waals surface area contributed by atoms with Gasteiger partial charge in [0.25, 0.3) is 0 Å². The van der Waals surface area contributed by atoms with Crippen LogP contribution < -0.4 is 0 Å². The highest BCUT2D eigenvalue weighted by Crippen LogP contribution is 2.37. The molecule has 74 valence electrons.